The van der Waals surface area contributed by atoms with Gasteiger partial charge in [0.25, 0.3) is 5.56 Å². The van der Waals surface area contributed by atoms with Crippen molar-refractivity contribution in [1.82, 2.24) is 14.3 Å². The van der Waals surface area contributed by atoms with Crippen molar-refractivity contribution >= 4 is 22.1 Å². The highest BCUT2D eigenvalue weighted by atomic mass is 19.1. The summed E-state index contributed by atoms with van der Waals surface area (Å²) in [4.78, 5) is 17.6. The summed E-state index contributed by atoms with van der Waals surface area (Å²) in [6.07, 6.45) is 5.27. The van der Waals surface area contributed by atoms with Crippen LogP contribution in [0.4, 0.5) is 4.39 Å². The molecular weight excluding hydrogens is 353 g/mol. The van der Waals surface area contributed by atoms with Gasteiger partial charge in [-0.2, -0.15) is 0 Å². The SMILES string of the molecule is O=c1[nH]c2cc(CN3CC=C(c4ccc(F)cc4)CC3)cn2c2ccccc12. The first kappa shape index (κ1) is 17.0. The van der Waals surface area contributed by atoms with Crippen LogP contribution in [0.15, 0.2) is 71.7 Å². The number of aromatic amines is 1. The number of hydrogen-bond acceptors (Lipinski definition) is 2. The first-order valence-corrected chi connectivity index (χ1v) is 9.47. The number of hydrogen-bond donors (Lipinski definition) is 1. The predicted octanol–water partition coefficient (Wildman–Crippen LogP) is 4.21. The van der Waals surface area contributed by atoms with Crippen molar-refractivity contribution in [2.75, 3.05) is 13.1 Å². The fourth-order valence-corrected chi connectivity index (χ4v) is 4.00. The molecule has 5 heteroatoms. The second-order valence-electron chi connectivity index (χ2n) is 7.30. The van der Waals surface area contributed by atoms with Gasteiger partial charge < -0.3 is 9.38 Å². The zero-order valence-electron chi connectivity index (χ0n) is 15.4. The molecule has 1 aliphatic heterocycles. The maximum atomic E-state index is 13.1. The summed E-state index contributed by atoms with van der Waals surface area (Å²) >= 11 is 0. The standard InChI is InChI=1S/C23H20FN3O/c24-19-7-5-17(6-8-19)18-9-11-26(12-10-18)14-16-13-22-25-23(28)20-3-1-2-4-21(20)27(22)15-16/h1-9,13,15H,10-12,14H2,(H,25,28). The Bertz CT molecular complexity index is 1250. The number of fused-ring (bicyclic) bond motifs is 3. The Balaban J connectivity index is 1.38. The highest BCUT2D eigenvalue weighted by Crippen LogP contribution is 2.24. The van der Waals surface area contributed by atoms with Gasteiger partial charge in [0.1, 0.15) is 11.5 Å². The predicted molar refractivity (Wildman–Crippen MR) is 110 cm³/mol. The van der Waals surface area contributed by atoms with Gasteiger partial charge in [-0.05, 0) is 53.5 Å². The molecule has 1 aliphatic rings. The topological polar surface area (TPSA) is 40.5 Å². The van der Waals surface area contributed by atoms with Crippen molar-refractivity contribution in [3.05, 3.63) is 94.2 Å². The highest BCUT2D eigenvalue weighted by molar-refractivity contribution is 5.80. The van der Waals surface area contributed by atoms with Crippen LogP contribution < -0.4 is 5.56 Å². The number of nitrogens with zero attached hydrogens (tertiary/aromatic N) is 2. The third-order valence-electron chi connectivity index (χ3n) is 5.44. The van der Waals surface area contributed by atoms with E-state index in [1.165, 1.54) is 23.3 Å². The third-order valence-corrected chi connectivity index (χ3v) is 5.44. The van der Waals surface area contributed by atoms with Crippen molar-refractivity contribution in [2.24, 2.45) is 0 Å². The van der Waals surface area contributed by atoms with Gasteiger partial charge in [-0.15, -0.1) is 0 Å². The van der Waals surface area contributed by atoms with Gasteiger partial charge in [0, 0.05) is 25.8 Å². The van der Waals surface area contributed by atoms with Crippen LogP contribution in [0.1, 0.15) is 17.5 Å². The number of aromatic nitrogens is 2. The second-order valence-corrected chi connectivity index (χ2v) is 7.30. The van der Waals surface area contributed by atoms with Crippen LogP contribution in [0, 0.1) is 5.82 Å². The third kappa shape index (κ3) is 3.04. The molecule has 5 rings (SSSR count). The van der Waals surface area contributed by atoms with E-state index in [9.17, 15) is 9.18 Å². The maximum Gasteiger partial charge on any atom is 0.258 e. The average molecular weight is 373 g/mol. The molecule has 0 aliphatic carbocycles. The fraction of sp³-hybridized carbons (Fsp3) is 0.174. The lowest BCUT2D eigenvalue weighted by Crippen LogP contribution is -2.27. The fourth-order valence-electron chi connectivity index (χ4n) is 4.00. The van der Waals surface area contributed by atoms with E-state index in [-0.39, 0.29) is 11.4 Å². The van der Waals surface area contributed by atoms with E-state index >= 15 is 0 Å². The van der Waals surface area contributed by atoms with Gasteiger partial charge in [-0.1, -0.05) is 30.3 Å². The molecule has 0 amide bonds. The Kier molecular flexibility index (Phi) is 4.10. The van der Waals surface area contributed by atoms with Crippen LogP contribution >= 0.6 is 0 Å². The molecule has 4 nitrogen and oxygen atoms in total. The van der Waals surface area contributed by atoms with Crippen molar-refractivity contribution in [2.45, 2.75) is 13.0 Å². The van der Waals surface area contributed by atoms with Crippen molar-refractivity contribution < 1.29 is 4.39 Å². The molecule has 0 fully saturated rings. The van der Waals surface area contributed by atoms with E-state index in [4.69, 9.17) is 0 Å². The molecule has 140 valence electrons. The Morgan fingerprint density at radius 2 is 1.89 bits per heavy atom. The van der Waals surface area contributed by atoms with Gasteiger partial charge in [0.05, 0.1) is 10.9 Å². The largest absolute Gasteiger partial charge is 0.308 e. The zero-order valence-corrected chi connectivity index (χ0v) is 15.4. The maximum absolute atomic E-state index is 13.1. The normalized spacial score (nSPS) is 15.2. The Hall–Kier alpha value is -3.18. The number of para-hydroxylation sites is 1. The summed E-state index contributed by atoms with van der Waals surface area (Å²) in [5.41, 5.74) is 5.22. The lowest BCUT2D eigenvalue weighted by atomic mass is 9.99. The molecule has 0 bridgehead atoms. The molecule has 0 saturated carbocycles. The van der Waals surface area contributed by atoms with Crippen molar-refractivity contribution in [3.63, 3.8) is 0 Å². The first-order chi connectivity index (χ1) is 13.7. The number of nitrogens with one attached hydrogen (secondary N) is 1. The van der Waals surface area contributed by atoms with Crippen molar-refractivity contribution in [3.8, 4) is 0 Å². The summed E-state index contributed by atoms with van der Waals surface area (Å²) in [6.45, 7) is 2.63. The van der Waals surface area contributed by atoms with Crippen LogP contribution in [-0.2, 0) is 6.54 Å². The number of rotatable bonds is 3. The average Bonchev–Trinajstić information content (AvgIpc) is 3.12. The van der Waals surface area contributed by atoms with Gasteiger partial charge in [-0.25, -0.2) is 4.39 Å². The van der Waals surface area contributed by atoms with Crippen LogP contribution in [0.2, 0.25) is 0 Å². The lowest BCUT2D eigenvalue weighted by molar-refractivity contribution is 0.294. The molecule has 2 aromatic carbocycles. The molecule has 0 spiro atoms. The molecule has 0 unspecified atom stereocenters. The van der Waals surface area contributed by atoms with Crippen LogP contribution in [0.3, 0.4) is 0 Å². The molecule has 4 aromatic rings. The minimum absolute atomic E-state index is 0.0578. The van der Waals surface area contributed by atoms with Crippen molar-refractivity contribution in [1.29, 1.82) is 0 Å². The Labute approximate surface area is 161 Å². The lowest BCUT2D eigenvalue weighted by Gasteiger charge is -2.26. The van der Waals surface area contributed by atoms with Gasteiger partial charge in [0.2, 0.25) is 0 Å². The van der Waals surface area contributed by atoms with E-state index in [1.807, 2.05) is 42.5 Å². The monoisotopic (exact) mass is 373 g/mol. The van der Waals surface area contributed by atoms with E-state index in [0.717, 1.165) is 42.8 Å². The van der Waals surface area contributed by atoms with E-state index in [2.05, 4.69) is 26.6 Å². The smallest absolute Gasteiger partial charge is 0.258 e. The molecule has 0 saturated heterocycles. The summed E-state index contributed by atoms with van der Waals surface area (Å²) < 4.78 is 15.2. The summed E-state index contributed by atoms with van der Waals surface area (Å²) in [5, 5.41) is 0.696. The summed E-state index contributed by atoms with van der Waals surface area (Å²) in [5.74, 6) is -0.201. The van der Waals surface area contributed by atoms with Crippen LogP contribution in [-0.4, -0.2) is 27.4 Å². The van der Waals surface area contributed by atoms with Crippen LogP contribution in [0.25, 0.3) is 22.1 Å². The Morgan fingerprint density at radius 3 is 2.68 bits per heavy atom. The number of H-pyrrole nitrogens is 1. The van der Waals surface area contributed by atoms with Gasteiger partial charge >= 0.3 is 0 Å². The van der Waals surface area contributed by atoms with E-state index < -0.39 is 0 Å². The molecular formula is C23H20FN3O. The summed E-state index contributed by atoms with van der Waals surface area (Å²) in [6, 6.07) is 16.4. The molecule has 3 heterocycles. The quantitative estimate of drug-likeness (QED) is 0.584. The highest BCUT2D eigenvalue weighted by Gasteiger charge is 2.15. The van der Waals surface area contributed by atoms with Gasteiger partial charge in [0.15, 0.2) is 0 Å². The zero-order chi connectivity index (χ0) is 19.1. The number of halogens is 1. The molecule has 0 atom stereocenters. The van der Waals surface area contributed by atoms with E-state index in [1.54, 1.807) is 0 Å². The van der Waals surface area contributed by atoms with Gasteiger partial charge in [-0.3, -0.25) is 9.69 Å². The van der Waals surface area contributed by atoms with Crippen LogP contribution in [0.5, 0.6) is 0 Å². The second kappa shape index (κ2) is 6.77. The summed E-state index contributed by atoms with van der Waals surface area (Å²) in [7, 11) is 0. The van der Waals surface area contributed by atoms with E-state index in [0.29, 0.717) is 5.39 Å². The molecule has 28 heavy (non-hydrogen) atoms. The Morgan fingerprint density at radius 1 is 1.07 bits per heavy atom. The number of benzene rings is 2. The minimum Gasteiger partial charge on any atom is -0.308 e. The first-order valence-electron chi connectivity index (χ1n) is 9.47. The molecule has 0 radical (unpaired) electrons. The minimum atomic E-state index is -0.201. The molecule has 2 aromatic heterocycles. The molecule has 1 N–H and O–H groups in total.